The molecule has 104 valence electrons. The molecule has 1 rings (SSSR count). The van der Waals surface area contributed by atoms with Crippen molar-refractivity contribution < 1.29 is 5.11 Å². The van der Waals surface area contributed by atoms with Crippen LogP contribution >= 0.6 is 0 Å². The highest BCUT2D eigenvalue weighted by Crippen LogP contribution is 2.49. The van der Waals surface area contributed by atoms with Gasteiger partial charge in [-0.3, -0.25) is 0 Å². The minimum Gasteiger partial charge on any atom is -0.388 e. The van der Waals surface area contributed by atoms with Crippen LogP contribution in [-0.4, -0.2) is 10.7 Å². The van der Waals surface area contributed by atoms with Crippen LogP contribution in [-0.2, 0) is 0 Å². The second-order valence-electron chi connectivity index (χ2n) is 6.95. The molecule has 0 amide bonds. The Kier molecular flexibility index (Phi) is 4.49. The van der Waals surface area contributed by atoms with Crippen LogP contribution in [0, 0.1) is 28.1 Å². The Morgan fingerprint density at radius 3 is 2.00 bits per heavy atom. The van der Waals surface area contributed by atoms with E-state index in [-0.39, 0.29) is 0 Å². The van der Waals surface area contributed by atoms with Gasteiger partial charge in [0.05, 0.1) is 17.1 Å². The van der Waals surface area contributed by atoms with Gasteiger partial charge in [0.25, 0.3) is 0 Å². The largest absolute Gasteiger partial charge is 0.388 e. The Hall–Kier alpha value is -0.550. The van der Waals surface area contributed by atoms with Crippen LogP contribution in [0.5, 0.6) is 0 Å². The average Bonchev–Trinajstić information content (AvgIpc) is 2.38. The molecule has 1 fully saturated rings. The van der Waals surface area contributed by atoms with Gasteiger partial charge in [-0.05, 0) is 50.4 Å². The van der Waals surface area contributed by atoms with Crippen molar-refractivity contribution in [3.8, 4) is 6.07 Å². The SMILES string of the molecule is CCC(C)(C)C1CCC(O)(C(C)(C#N)CC)CC1. The first-order valence-electron chi connectivity index (χ1n) is 7.38. The van der Waals surface area contributed by atoms with E-state index in [0.29, 0.717) is 11.3 Å². The molecule has 0 spiro atoms. The van der Waals surface area contributed by atoms with Gasteiger partial charge in [0.1, 0.15) is 0 Å². The lowest BCUT2D eigenvalue weighted by Crippen LogP contribution is -2.49. The summed E-state index contributed by atoms with van der Waals surface area (Å²) < 4.78 is 0. The molecule has 0 heterocycles. The first-order chi connectivity index (χ1) is 8.24. The molecule has 0 aromatic heterocycles. The molecule has 0 aromatic carbocycles. The van der Waals surface area contributed by atoms with Crippen molar-refractivity contribution in [3.05, 3.63) is 0 Å². The highest BCUT2D eigenvalue weighted by molar-refractivity contribution is 5.10. The number of hydrogen-bond donors (Lipinski definition) is 1. The monoisotopic (exact) mass is 251 g/mol. The molecular formula is C16H29NO. The van der Waals surface area contributed by atoms with E-state index < -0.39 is 11.0 Å². The molecule has 1 unspecified atom stereocenters. The first kappa shape index (κ1) is 15.5. The van der Waals surface area contributed by atoms with Crippen LogP contribution in [0.2, 0.25) is 0 Å². The molecule has 2 nitrogen and oxygen atoms in total. The third kappa shape index (κ3) is 2.57. The maximum Gasteiger partial charge on any atom is 0.0830 e. The second kappa shape index (κ2) is 5.21. The van der Waals surface area contributed by atoms with Gasteiger partial charge in [-0.2, -0.15) is 5.26 Å². The zero-order valence-electron chi connectivity index (χ0n) is 12.7. The molecule has 0 aliphatic heterocycles. The zero-order valence-corrected chi connectivity index (χ0v) is 12.7. The number of rotatable bonds is 4. The maximum absolute atomic E-state index is 10.8. The van der Waals surface area contributed by atoms with E-state index in [0.717, 1.165) is 32.1 Å². The van der Waals surface area contributed by atoms with Crippen molar-refractivity contribution in [1.82, 2.24) is 0 Å². The van der Waals surface area contributed by atoms with Gasteiger partial charge in [-0.15, -0.1) is 0 Å². The summed E-state index contributed by atoms with van der Waals surface area (Å²) in [7, 11) is 0. The fourth-order valence-electron chi connectivity index (χ4n) is 3.23. The number of nitrogens with zero attached hydrogens (tertiary/aromatic N) is 1. The molecular weight excluding hydrogens is 222 g/mol. The Labute approximate surface area is 112 Å². The quantitative estimate of drug-likeness (QED) is 0.810. The van der Waals surface area contributed by atoms with E-state index in [9.17, 15) is 10.4 Å². The smallest absolute Gasteiger partial charge is 0.0830 e. The molecule has 2 heteroatoms. The lowest BCUT2D eigenvalue weighted by atomic mass is 9.59. The van der Waals surface area contributed by atoms with Gasteiger partial charge < -0.3 is 5.11 Å². The summed E-state index contributed by atoms with van der Waals surface area (Å²) >= 11 is 0. The van der Waals surface area contributed by atoms with Crippen LogP contribution < -0.4 is 0 Å². The van der Waals surface area contributed by atoms with E-state index in [4.69, 9.17) is 0 Å². The molecule has 0 radical (unpaired) electrons. The van der Waals surface area contributed by atoms with Crippen molar-refractivity contribution in [2.45, 2.75) is 78.7 Å². The van der Waals surface area contributed by atoms with E-state index in [1.807, 2.05) is 13.8 Å². The predicted molar refractivity (Wildman–Crippen MR) is 75.0 cm³/mol. The summed E-state index contributed by atoms with van der Waals surface area (Å²) in [6.45, 7) is 10.8. The fourth-order valence-corrected chi connectivity index (χ4v) is 3.23. The third-order valence-electron chi connectivity index (χ3n) is 5.81. The summed E-state index contributed by atoms with van der Waals surface area (Å²) in [4.78, 5) is 0. The normalized spacial score (nSPS) is 32.6. The minimum absolute atomic E-state index is 0.358. The number of nitriles is 1. The van der Waals surface area contributed by atoms with Crippen LogP contribution in [0.15, 0.2) is 0 Å². The van der Waals surface area contributed by atoms with Crippen LogP contribution in [0.1, 0.15) is 73.1 Å². The molecule has 1 saturated carbocycles. The number of hydrogen-bond acceptors (Lipinski definition) is 2. The minimum atomic E-state index is -0.781. The summed E-state index contributed by atoms with van der Waals surface area (Å²) in [5, 5.41) is 20.2. The van der Waals surface area contributed by atoms with E-state index in [2.05, 4.69) is 26.8 Å². The Morgan fingerprint density at radius 1 is 1.17 bits per heavy atom. The Balaban J connectivity index is 2.77. The molecule has 0 aromatic rings. The van der Waals surface area contributed by atoms with Gasteiger partial charge in [0.15, 0.2) is 0 Å². The van der Waals surface area contributed by atoms with Crippen LogP contribution in [0.25, 0.3) is 0 Å². The lowest BCUT2D eigenvalue weighted by molar-refractivity contribution is -0.0954. The highest BCUT2D eigenvalue weighted by Gasteiger charge is 2.49. The third-order valence-corrected chi connectivity index (χ3v) is 5.81. The fraction of sp³-hybridized carbons (Fsp3) is 0.938. The zero-order chi connectivity index (χ0) is 14.0. The van der Waals surface area contributed by atoms with Crippen molar-refractivity contribution in [3.63, 3.8) is 0 Å². The molecule has 1 N–H and O–H groups in total. The van der Waals surface area contributed by atoms with Gasteiger partial charge in [0.2, 0.25) is 0 Å². The molecule has 1 atom stereocenters. The van der Waals surface area contributed by atoms with Crippen molar-refractivity contribution >= 4 is 0 Å². The maximum atomic E-state index is 10.8. The number of aliphatic hydroxyl groups is 1. The molecule has 1 aliphatic rings. The lowest BCUT2D eigenvalue weighted by Gasteiger charge is -2.47. The summed E-state index contributed by atoms with van der Waals surface area (Å²) in [5.41, 5.74) is -1.01. The molecule has 0 saturated heterocycles. The van der Waals surface area contributed by atoms with Gasteiger partial charge in [-0.25, -0.2) is 0 Å². The van der Waals surface area contributed by atoms with E-state index in [1.165, 1.54) is 6.42 Å². The van der Waals surface area contributed by atoms with Gasteiger partial charge in [-0.1, -0.05) is 34.1 Å². The standard InChI is InChI=1S/C16H29NO/c1-6-14(3,4)13-8-10-16(18,11-9-13)15(5,7-2)12-17/h13,18H,6-11H2,1-5H3. The van der Waals surface area contributed by atoms with Crippen molar-refractivity contribution in [2.75, 3.05) is 0 Å². The Morgan fingerprint density at radius 2 is 1.67 bits per heavy atom. The van der Waals surface area contributed by atoms with Crippen LogP contribution in [0.4, 0.5) is 0 Å². The summed E-state index contributed by atoms with van der Waals surface area (Å²) in [5.74, 6) is 0.683. The topological polar surface area (TPSA) is 44.0 Å². The van der Waals surface area contributed by atoms with E-state index >= 15 is 0 Å². The molecule has 18 heavy (non-hydrogen) atoms. The Bertz CT molecular complexity index is 320. The first-order valence-corrected chi connectivity index (χ1v) is 7.38. The average molecular weight is 251 g/mol. The molecule has 0 bridgehead atoms. The van der Waals surface area contributed by atoms with Gasteiger partial charge in [0, 0.05) is 0 Å². The van der Waals surface area contributed by atoms with Crippen LogP contribution in [0.3, 0.4) is 0 Å². The summed E-state index contributed by atoms with van der Waals surface area (Å²) in [6.07, 6.45) is 5.56. The summed E-state index contributed by atoms with van der Waals surface area (Å²) in [6, 6.07) is 2.36. The molecule has 1 aliphatic carbocycles. The van der Waals surface area contributed by atoms with Crippen molar-refractivity contribution in [2.24, 2.45) is 16.7 Å². The predicted octanol–water partition coefficient (Wildman–Crippen LogP) is 4.28. The van der Waals surface area contributed by atoms with Gasteiger partial charge >= 0.3 is 0 Å². The highest BCUT2D eigenvalue weighted by atomic mass is 16.3. The second-order valence-corrected chi connectivity index (χ2v) is 6.95. The van der Waals surface area contributed by atoms with E-state index in [1.54, 1.807) is 0 Å². The van der Waals surface area contributed by atoms with Crippen molar-refractivity contribution in [1.29, 1.82) is 5.26 Å².